The number of anilines is 2. The Morgan fingerprint density at radius 2 is 2.04 bits per heavy atom. The maximum Gasteiger partial charge on any atom is 0.178 e. The van der Waals surface area contributed by atoms with Crippen LogP contribution in [0.3, 0.4) is 0 Å². The molecule has 0 amide bonds. The maximum absolute atomic E-state index is 12.0. The molecule has 0 aliphatic carbocycles. The van der Waals surface area contributed by atoms with Crippen LogP contribution < -0.4 is 5.32 Å². The number of phenols is 1. The lowest BCUT2D eigenvalue weighted by Crippen LogP contribution is -2.04. The molecule has 0 radical (unpaired) electrons. The second-order valence-electron chi connectivity index (χ2n) is 5.01. The van der Waals surface area contributed by atoms with Crippen molar-refractivity contribution in [2.45, 2.75) is 18.7 Å². The molecule has 0 aliphatic rings. The SMILES string of the molecule is CCS(=O)(=O)c1ccc(O)c(Nc2ncnc3sc(C)cc23)c1. The number of hydrogen-bond acceptors (Lipinski definition) is 7. The molecule has 2 aromatic heterocycles. The molecule has 0 spiro atoms. The van der Waals surface area contributed by atoms with Crippen molar-refractivity contribution in [1.82, 2.24) is 9.97 Å². The molecule has 0 saturated heterocycles. The predicted octanol–water partition coefficient (Wildman–Crippen LogP) is 3.24. The molecule has 0 aliphatic heterocycles. The third kappa shape index (κ3) is 2.99. The number of benzene rings is 1. The lowest BCUT2D eigenvalue weighted by Gasteiger charge is -2.10. The first-order valence-corrected chi connectivity index (χ1v) is 9.41. The van der Waals surface area contributed by atoms with Gasteiger partial charge in [-0.3, -0.25) is 0 Å². The summed E-state index contributed by atoms with van der Waals surface area (Å²) in [5.74, 6) is 0.484. The molecule has 0 fully saturated rings. The van der Waals surface area contributed by atoms with E-state index in [9.17, 15) is 13.5 Å². The molecule has 6 nitrogen and oxygen atoms in total. The first kappa shape index (κ1) is 15.7. The van der Waals surface area contributed by atoms with Gasteiger partial charge in [0.1, 0.15) is 22.7 Å². The van der Waals surface area contributed by atoms with Crippen molar-refractivity contribution in [3.63, 3.8) is 0 Å². The molecule has 2 N–H and O–H groups in total. The number of nitrogens with zero attached hydrogens (tertiary/aromatic N) is 2. The number of aryl methyl sites for hydroxylation is 1. The molecule has 1 aromatic carbocycles. The Balaban J connectivity index is 2.07. The minimum atomic E-state index is -3.35. The fourth-order valence-electron chi connectivity index (χ4n) is 2.18. The number of nitrogens with one attached hydrogen (secondary N) is 1. The van der Waals surface area contributed by atoms with Gasteiger partial charge in [-0.05, 0) is 31.2 Å². The summed E-state index contributed by atoms with van der Waals surface area (Å²) in [5.41, 5.74) is 0.295. The molecule has 0 saturated carbocycles. The van der Waals surface area contributed by atoms with Crippen LogP contribution in [0.2, 0.25) is 0 Å². The summed E-state index contributed by atoms with van der Waals surface area (Å²) < 4.78 is 24.0. The third-order valence-electron chi connectivity index (χ3n) is 3.41. The van der Waals surface area contributed by atoms with Crippen LogP contribution in [0, 0.1) is 6.92 Å². The van der Waals surface area contributed by atoms with Crippen LogP contribution in [0.1, 0.15) is 11.8 Å². The summed E-state index contributed by atoms with van der Waals surface area (Å²) >= 11 is 1.54. The number of thiophene rings is 1. The normalized spacial score (nSPS) is 11.7. The van der Waals surface area contributed by atoms with Crippen LogP contribution >= 0.6 is 11.3 Å². The number of aromatic hydroxyl groups is 1. The average molecular weight is 349 g/mol. The third-order valence-corrected chi connectivity index (χ3v) is 6.10. The van der Waals surface area contributed by atoms with Gasteiger partial charge in [0.15, 0.2) is 9.84 Å². The molecule has 3 aromatic rings. The molecule has 23 heavy (non-hydrogen) atoms. The Bertz CT molecular complexity index is 981. The van der Waals surface area contributed by atoms with E-state index in [-0.39, 0.29) is 16.4 Å². The zero-order valence-electron chi connectivity index (χ0n) is 12.6. The zero-order chi connectivity index (χ0) is 16.6. The van der Waals surface area contributed by atoms with Gasteiger partial charge in [0.05, 0.1) is 21.7 Å². The molecular formula is C15H15N3O3S2. The summed E-state index contributed by atoms with van der Waals surface area (Å²) in [5, 5.41) is 13.9. The number of rotatable bonds is 4. The highest BCUT2D eigenvalue weighted by atomic mass is 32.2. The lowest BCUT2D eigenvalue weighted by atomic mass is 10.2. The van der Waals surface area contributed by atoms with Gasteiger partial charge in [-0.15, -0.1) is 11.3 Å². The van der Waals surface area contributed by atoms with E-state index < -0.39 is 9.84 Å². The zero-order valence-corrected chi connectivity index (χ0v) is 14.2. The second-order valence-corrected chi connectivity index (χ2v) is 8.52. The lowest BCUT2D eigenvalue weighted by molar-refractivity contribution is 0.477. The maximum atomic E-state index is 12.0. The van der Waals surface area contributed by atoms with Gasteiger partial charge in [0, 0.05) is 4.88 Å². The fraction of sp³-hybridized carbons (Fsp3) is 0.200. The monoisotopic (exact) mass is 349 g/mol. The number of aromatic nitrogens is 2. The molecule has 8 heteroatoms. The topological polar surface area (TPSA) is 92.2 Å². The first-order chi connectivity index (χ1) is 10.9. The number of phenolic OH excluding ortho intramolecular Hbond substituents is 1. The van der Waals surface area contributed by atoms with E-state index in [1.165, 1.54) is 24.5 Å². The van der Waals surface area contributed by atoms with E-state index in [1.807, 2.05) is 13.0 Å². The number of fused-ring (bicyclic) bond motifs is 1. The molecule has 3 rings (SSSR count). The standard InChI is InChI=1S/C15H15N3O3S2/c1-3-23(20,21)10-4-5-13(19)12(7-10)18-14-11-6-9(2)22-15(11)17-8-16-14/h4-8,19H,3H2,1-2H3,(H,16,17,18). The van der Waals surface area contributed by atoms with Crippen LogP contribution in [0.25, 0.3) is 10.2 Å². The highest BCUT2D eigenvalue weighted by Gasteiger charge is 2.15. The van der Waals surface area contributed by atoms with Crippen LogP contribution in [-0.4, -0.2) is 29.2 Å². The van der Waals surface area contributed by atoms with Crippen LogP contribution in [0.4, 0.5) is 11.5 Å². The van der Waals surface area contributed by atoms with Gasteiger partial charge in [0.2, 0.25) is 0 Å². The number of hydrogen-bond donors (Lipinski definition) is 2. The van der Waals surface area contributed by atoms with Crippen molar-refractivity contribution in [3.05, 3.63) is 35.5 Å². The van der Waals surface area contributed by atoms with Crippen molar-refractivity contribution in [1.29, 1.82) is 0 Å². The van der Waals surface area contributed by atoms with Gasteiger partial charge in [0.25, 0.3) is 0 Å². The van der Waals surface area contributed by atoms with E-state index in [1.54, 1.807) is 18.3 Å². The average Bonchev–Trinajstić information content (AvgIpc) is 2.90. The minimum absolute atomic E-state index is 0.00130. The van der Waals surface area contributed by atoms with Gasteiger partial charge in [-0.2, -0.15) is 0 Å². The Morgan fingerprint density at radius 3 is 2.78 bits per heavy atom. The Labute approximate surface area is 137 Å². The van der Waals surface area contributed by atoms with Gasteiger partial charge in [-0.25, -0.2) is 18.4 Å². The van der Waals surface area contributed by atoms with Crippen LogP contribution in [0.15, 0.2) is 35.5 Å². The minimum Gasteiger partial charge on any atom is -0.506 e. The van der Waals surface area contributed by atoms with Crippen molar-refractivity contribution in [2.75, 3.05) is 11.1 Å². The van der Waals surface area contributed by atoms with Crippen LogP contribution in [0.5, 0.6) is 5.75 Å². The molecule has 2 heterocycles. The molecule has 120 valence electrons. The second kappa shape index (κ2) is 5.78. The highest BCUT2D eigenvalue weighted by molar-refractivity contribution is 7.91. The Hall–Kier alpha value is -2.19. The highest BCUT2D eigenvalue weighted by Crippen LogP contribution is 2.33. The van der Waals surface area contributed by atoms with Gasteiger partial charge < -0.3 is 10.4 Å². The Morgan fingerprint density at radius 1 is 1.26 bits per heavy atom. The van der Waals surface area contributed by atoms with Gasteiger partial charge >= 0.3 is 0 Å². The van der Waals surface area contributed by atoms with Crippen molar-refractivity contribution in [2.24, 2.45) is 0 Å². The summed E-state index contributed by atoms with van der Waals surface area (Å²) in [4.78, 5) is 10.5. The largest absolute Gasteiger partial charge is 0.506 e. The van der Waals surface area contributed by atoms with E-state index in [0.29, 0.717) is 11.5 Å². The van der Waals surface area contributed by atoms with E-state index in [0.717, 1.165) is 15.1 Å². The smallest absolute Gasteiger partial charge is 0.178 e. The van der Waals surface area contributed by atoms with E-state index in [2.05, 4.69) is 15.3 Å². The van der Waals surface area contributed by atoms with Crippen molar-refractivity contribution in [3.8, 4) is 5.75 Å². The van der Waals surface area contributed by atoms with E-state index in [4.69, 9.17) is 0 Å². The summed E-state index contributed by atoms with van der Waals surface area (Å²) in [6.07, 6.45) is 1.43. The quantitative estimate of drug-likeness (QED) is 0.703. The number of sulfone groups is 1. The first-order valence-electron chi connectivity index (χ1n) is 6.94. The van der Waals surface area contributed by atoms with Crippen LogP contribution in [-0.2, 0) is 9.84 Å². The molecule has 0 bridgehead atoms. The molecule has 0 atom stereocenters. The van der Waals surface area contributed by atoms with Gasteiger partial charge in [-0.1, -0.05) is 6.92 Å². The predicted molar refractivity (Wildman–Crippen MR) is 91.3 cm³/mol. The summed E-state index contributed by atoms with van der Waals surface area (Å²) in [6.45, 7) is 3.55. The Kier molecular flexibility index (Phi) is 3.95. The van der Waals surface area contributed by atoms with E-state index >= 15 is 0 Å². The summed E-state index contributed by atoms with van der Waals surface area (Å²) in [7, 11) is -3.35. The summed E-state index contributed by atoms with van der Waals surface area (Å²) in [6, 6.07) is 6.12. The van der Waals surface area contributed by atoms with Crippen molar-refractivity contribution >= 4 is 42.9 Å². The molecule has 0 unspecified atom stereocenters. The van der Waals surface area contributed by atoms with Crippen molar-refractivity contribution < 1.29 is 13.5 Å². The molecular weight excluding hydrogens is 334 g/mol. The fourth-order valence-corrected chi connectivity index (χ4v) is 3.93.